The third-order valence-corrected chi connectivity index (χ3v) is 7.07. The highest BCUT2D eigenvalue weighted by Crippen LogP contribution is 2.36. The molecule has 35 heavy (non-hydrogen) atoms. The van der Waals surface area contributed by atoms with Crippen LogP contribution < -0.4 is 5.32 Å². The normalized spacial score (nSPS) is 11.5. The van der Waals surface area contributed by atoms with E-state index in [1.807, 2.05) is 12.4 Å². The van der Waals surface area contributed by atoms with E-state index in [0.717, 1.165) is 50.3 Å². The molecule has 0 atom stereocenters. The number of rotatable bonds is 6. The van der Waals surface area contributed by atoms with Gasteiger partial charge in [-0.3, -0.25) is 10.1 Å². The fourth-order valence-corrected chi connectivity index (χ4v) is 5.00. The monoisotopic (exact) mass is 475 g/mol. The van der Waals surface area contributed by atoms with Gasteiger partial charge in [0.25, 0.3) is 0 Å². The van der Waals surface area contributed by atoms with Crippen molar-refractivity contribution in [1.29, 1.82) is 0 Å². The second-order valence-electron chi connectivity index (χ2n) is 9.06. The lowest BCUT2D eigenvalue weighted by atomic mass is 10.0. The number of thiophene rings is 1. The average molecular weight is 476 g/mol. The summed E-state index contributed by atoms with van der Waals surface area (Å²) < 4.78 is 0. The standard InChI is InChI=1S/C29H25N5S/c1-17(2)18(3)31-22-11-21(14-30-15-22)19-7-8-27-25(12-19)29(34-33-27)28-13-24-23(20-9-10-35-16-20)5-4-6-26(24)32-28/h4-17,31-32H,3H2,1-2H3,(H,33,34). The van der Waals surface area contributed by atoms with Crippen LogP contribution in [0.25, 0.3) is 55.4 Å². The van der Waals surface area contributed by atoms with Crippen LogP contribution >= 0.6 is 11.3 Å². The van der Waals surface area contributed by atoms with E-state index in [4.69, 9.17) is 0 Å². The lowest BCUT2D eigenvalue weighted by molar-refractivity contribution is 0.778. The van der Waals surface area contributed by atoms with E-state index in [9.17, 15) is 0 Å². The highest BCUT2D eigenvalue weighted by atomic mass is 32.1. The summed E-state index contributed by atoms with van der Waals surface area (Å²) in [6, 6.07) is 19.2. The van der Waals surface area contributed by atoms with Crippen LogP contribution in [0.3, 0.4) is 0 Å². The number of anilines is 1. The molecule has 0 saturated carbocycles. The molecule has 6 rings (SSSR count). The van der Waals surface area contributed by atoms with Gasteiger partial charge in [0.2, 0.25) is 0 Å². The number of fused-ring (bicyclic) bond motifs is 2. The molecule has 0 aliphatic heterocycles. The Balaban J connectivity index is 1.41. The molecular formula is C29H25N5S. The summed E-state index contributed by atoms with van der Waals surface area (Å²) in [7, 11) is 0. The zero-order valence-electron chi connectivity index (χ0n) is 19.6. The molecule has 0 amide bonds. The second-order valence-corrected chi connectivity index (χ2v) is 9.84. The fourth-order valence-electron chi connectivity index (χ4n) is 4.35. The topological polar surface area (TPSA) is 69.4 Å². The summed E-state index contributed by atoms with van der Waals surface area (Å²) in [4.78, 5) is 8.03. The number of pyridine rings is 1. The molecule has 0 aliphatic carbocycles. The summed E-state index contributed by atoms with van der Waals surface area (Å²) in [6.07, 6.45) is 3.72. The highest BCUT2D eigenvalue weighted by Gasteiger charge is 2.15. The van der Waals surface area contributed by atoms with E-state index in [-0.39, 0.29) is 0 Å². The molecule has 0 radical (unpaired) electrons. The third kappa shape index (κ3) is 3.92. The first-order chi connectivity index (χ1) is 17.1. The van der Waals surface area contributed by atoms with Crippen molar-refractivity contribution in [2.75, 3.05) is 5.32 Å². The Kier molecular flexibility index (Phi) is 5.23. The van der Waals surface area contributed by atoms with Crippen LogP contribution in [0.1, 0.15) is 13.8 Å². The quantitative estimate of drug-likeness (QED) is 0.228. The minimum Gasteiger partial charge on any atom is -0.358 e. The first kappa shape index (κ1) is 21.4. The molecule has 3 N–H and O–H groups in total. The minimum absolute atomic E-state index is 0.347. The van der Waals surface area contributed by atoms with Crippen molar-refractivity contribution >= 4 is 38.8 Å². The van der Waals surface area contributed by atoms with Crippen molar-refractivity contribution in [3.05, 3.63) is 90.0 Å². The predicted molar refractivity (Wildman–Crippen MR) is 148 cm³/mol. The zero-order valence-corrected chi connectivity index (χ0v) is 20.4. The first-order valence-electron chi connectivity index (χ1n) is 11.6. The van der Waals surface area contributed by atoms with Gasteiger partial charge in [-0.1, -0.05) is 38.6 Å². The molecule has 4 aromatic heterocycles. The predicted octanol–water partition coefficient (Wildman–Crippen LogP) is 8.08. The van der Waals surface area contributed by atoms with E-state index >= 15 is 0 Å². The van der Waals surface area contributed by atoms with Gasteiger partial charge < -0.3 is 10.3 Å². The fraction of sp³-hybridized carbons (Fsp3) is 0.103. The smallest absolute Gasteiger partial charge is 0.116 e. The number of H-pyrrole nitrogens is 2. The Morgan fingerprint density at radius 2 is 1.86 bits per heavy atom. The van der Waals surface area contributed by atoms with Gasteiger partial charge in [-0.05, 0) is 69.8 Å². The molecule has 0 unspecified atom stereocenters. The molecule has 6 aromatic rings. The van der Waals surface area contributed by atoms with Crippen LogP contribution in [0.4, 0.5) is 5.69 Å². The number of hydrogen-bond donors (Lipinski definition) is 3. The SMILES string of the molecule is C=C(Nc1cncc(-c2ccc3[nH]nc(-c4cc5c(-c6ccsc6)cccc5[nH]4)c3c2)c1)C(C)C. The molecule has 6 heteroatoms. The number of benzene rings is 2. The molecule has 0 bridgehead atoms. The number of aromatic amines is 2. The third-order valence-electron chi connectivity index (χ3n) is 6.39. The molecule has 0 spiro atoms. The van der Waals surface area contributed by atoms with Crippen LogP contribution in [0.2, 0.25) is 0 Å². The molecular weight excluding hydrogens is 450 g/mol. The first-order valence-corrected chi connectivity index (χ1v) is 12.5. The maximum atomic E-state index is 4.67. The maximum Gasteiger partial charge on any atom is 0.116 e. The molecule has 0 fully saturated rings. The van der Waals surface area contributed by atoms with E-state index < -0.39 is 0 Å². The molecule has 4 heterocycles. The molecule has 2 aromatic carbocycles. The van der Waals surface area contributed by atoms with Crippen LogP contribution in [0.5, 0.6) is 0 Å². The van der Waals surface area contributed by atoms with Gasteiger partial charge in [0.15, 0.2) is 0 Å². The van der Waals surface area contributed by atoms with Gasteiger partial charge in [0.05, 0.1) is 23.1 Å². The summed E-state index contributed by atoms with van der Waals surface area (Å²) in [5, 5.41) is 17.8. The average Bonchev–Trinajstić information content (AvgIpc) is 3.62. The van der Waals surface area contributed by atoms with Crippen molar-refractivity contribution in [3.63, 3.8) is 0 Å². The Morgan fingerprint density at radius 1 is 0.943 bits per heavy atom. The molecule has 0 saturated heterocycles. The van der Waals surface area contributed by atoms with Gasteiger partial charge in [0.1, 0.15) is 5.69 Å². The summed E-state index contributed by atoms with van der Waals surface area (Å²) in [5.41, 5.74) is 10.5. The summed E-state index contributed by atoms with van der Waals surface area (Å²) in [6.45, 7) is 8.36. The van der Waals surface area contributed by atoms with Crippen LogP contribution in [0.15, 0.2) is 90.0 Å². The Morgan fingerprint density at radius 3 is 2.69 bits per heavy atom. The van der Waals surface area contributed by atoms with Crippen LogP contribution in [-0.4, -0.2) is 20.2 Å². The maximum absolute atomic E-state index is 4.67. The second kappa shape index (κ2) is 8.56. The van der Waals surface area contributed by atoms with Gasteiger partial charge in [-0.2, -0.15) is 16.4 Å². The lowest BCUT2D eigenvalue weighted by Crippen LogP contribution is -2.04. The highest BCUT2D eigenvalue weighted by molar-refractivity contribution is 7.08. The van der Waals surface area contributed by atoms with E-state index in [0.29, 0.717) is 5.92 Å². The number of allylic oxidation sites excluding steroid dienone is 1. The lowest BCUT2D eigenvalue weighted by Gasteiger charge is -2.13. The van der Waals surface area contributed by atoms with Crippen molar-refractivity contribution in [1.82, 2.24) is 20.2 Å². The van der Waals surface area contributed by atoms with Crippen molar-refractivity contribution < 1.29 is 0 Å². The van der Waals surface area contributed by atoms with Gasteiger partial charge in [0, 0.05) is 33.7 Å². The molecule has 0 aliphatic rings. The van der Waals surface area contributed by atoms with Crippen molar-refractivity contribution in [2.24, 2.45) is 5.92 Å². The largest absolute Gasteiger partial charge is 0.358 e. The number of nitrogens with one attached hydrogen (secondary N) is 3. The summed E-state index contributed by atoms with van der Waals surface area (Å²) in [5.74, 6) is 0.347. The van der Waals surface area contributed by atoms with E-state index in [1.165, 1.54) is 16.5 Å². The van der Waals surface area contributed by atoms with Gasteiger partial charge in [-0.15, -0.1) is 0 Å². The van der Waals surface area contributed by atoms with Crippen LogP contribution in [-0.2, 0) is 0 Å². The van der Waals surface area contributed by atoms with Gasteiger partial charge >= 0.3 is 0 Å². The number of hydrogen-bond acceptors (Lipinski definition) is 4. The minimum atomic E-state index is 0.347. The van der Waals surface area contributed by atoms with E-state index in [1.54, 1.807) is 11.3 Å². The molecule has 172 valence electrons. The van der Waals surface area contributed by atoms with Crippen molar-refractivity contribution in [3.8, 4) is 33.6 Å². The Bertz CT molecular complexity index is 1670. The number of nitrogens with zero attached hydrogens (tertiary/aromatic N) is 2. The Labute approximate surface area is 207 Å². The zero-order chi connectivity index (χ0) is 23.9. The summed E-state index contributed by atoms with van der Waals surface area (Å²) >= 11 is 1.71. The van der Waals surface area contributed by atoms with E-state index in [2.05, 4.69) is 111 Å². The molecule has 5 nitrogen and oxygen atoms in total. The van der Waals surface area contributed by atoms with Crippen molar-refractivity contribution in [2.45, 2.75) is 13.8 Å². The number of aromatic nitrogens is 4. The van der Waals surface area contributed by atoms with Gasteiger partial charge in [-0.25, -0.2) is 0 Å². The van der Waals surface area contributed by atoms with Crippen LogP contribution in [0, 0.1) is 5.92 Å². The Hall–Kier alpha value is -4.16.